The summed E-state index contributed by atoms with van der Waals surface area (Å²) in [5.74, 6) is -0.515. The molecular formula is C51H59ClN8O8S. The zero-order valence-corrected chi connectivity index (χ0v) is 40.7. The lowest BCUT2D eigenvalue weighted by molar-refractivity contribution is -0.386. The van der Waals surface area contributed by atoms with Crippen LogP contribution in [0.5, 0.6) is 11.6 Å². The average Bonchev–Trinajstić information content (AvgIpc) is 3.82. The fraction of sp³-hybridized carbons (Fsp3) is 0.451. The van der Waals surface area contributed by atoms with Crippen molar-refractivity contribution in [3.63, 3.8) is 0 Å². The minimum Gasteiger partial charge on any atom is -0.483 e. The highest BCUT2D eigenvalue weighted by Gasteiger charge is 2.34. The number of hydrogen-bond donors (Lipinski definition) is 2. The summed E-state index contributed by atoms with van der Waals surface area (Å²) in [6, 6.07) is 21.5. The van der Waals surface area contributed by atoms with Crippen LogP contribution in [-0.2, 0) is 14.8 Å². The standard InChI is InChI=1S/C51H59ClN8O8S/c1-51(2)17-11-36(43(32-51)34-3-5-37(52)6-4-34)33-56-21-23-58(24-22-56)39-7-9-42(44(30-39)59-25-28-67-50-46(59)29-35-12-18-53-48(35)54-50)49(61)55-69(64,65)41-8-10-47(45(31-41)60(62)63)68-40-13-19-57(20-14-40)38-15-26-66-27-16-38/h3-10,12,18,29-31,38,40H,11,13-17,19-28,32-33H2,1-2H3,(H,53,54)(H,55,61). The van der Waals surface area contributed by atoms with Crippen LogP contribution in [0.1, 0.15) is 74.7 Å². The number of halogens is 1. The Labute approximate surface area is 407 Å². The molecule has 69 heavy (non-hydrogen) atoms. The van der Waals surface area contributed by atoms with E-state index < -0.39 is 31.4 Å². The molecule has 364 valence electrons. The van der Waals surface area contributed by atoms with E-state index in [0.29, 0.717) is 48.3 Å². The van der Waals surface area contributed by atoms with Gasteiger partial charge < -0.3 is 29.0 Å². The molecule has 1 aliphatic carbocycles. The van der Waals surface area contributed by atoms with Crippen molar-refractivity contribution in [1.29, 1.82) is 0 Å². The van der Waals surface area contributed by atoms with Crippen LogP contribution in [0.25, 0.3) is 16.6 Å². The fourth-order valence-corrected chi connectivity index (χ4v) is 11.7. The van der Waals surface area contributed by atoms with Gasteiger partial charge in [-0.3, -0.25) is 24.7 Å². The number of likely N-dealkylation sites (tertiary alicyclic amines) is 1. The number of amides is 1. The molecule has 0 spiro atoms. The van der Waals surface area contributed by atoms with Crippen LogP contribution in [0.15, 0.2) is 89.5 Å². The van der Waals surface area contributed by atoms with Crippen molar-refractivity contribution in [3.8, 4) is 11.6 Å². The van der Waals surface area contributed by atoms with Gasteiger partial charge in [0.1, 0.15) is 24.0 Å². The summed E-state index contributed by atoms with van der Waals surface area (Å²) >= 11 is 6.28. The number of pyridine rings is 1. The van der Waals surface area contributed by atoms with Crippen molar-refractivity contribution < 1.29 is 32.3 Å². The average molecular weight is 980 g/mol. The van der Waals surface area contributed by atoms with Crippen LogP contribution >= 0.6 is 11.6 Å². The van der Waals surface area contributed by atoms with Crippen LogP contribution in [0.4, 0.5) is 22.7 Å². The maximum Gasteiger partial charge on any atom is 0.312 e. The lowest BCUT2D eigenvalue weighted by Crippen LogP contribution is -2.47. The van der Waals surface area contributed by atoms with Gasteiger partial charge in [-0.2, -0.15) is 4.98 Å². The largest absolute Gasteiger partial charge is 0.483 e. The second-order valence-corrected chi connectivity index (χ2v) is 21.8. The number of rotatable bonds is 12. The minimum atomic E-state index is -4.60. The second kappa shape index (κ2) is 19.6. The molecule has 0 bridgehead atoms. The smallest absolute Gasteiger partial charge is 0.312 e. The first kappa shape index (κ1) is 47.0. The number of fused-ring (bicyclic) bond motifs is 2. The zero-order valence-electron chi connectivity index (χ0n) is 39.1. The van der Waals surface area contributed by atoms with E-state index in [1.807, 2.05) is 41.3 Å². The minimum absolute atomic E-state index is 0.0116. The number of nitro benzene ring substituents is 1. The molecule has 3 fully saturated rings. The van der Waals surface area contributed by atoms with E-state index in [4.69, 9.17) is 30.8 Å². The first-order valence-electron chi connectivity index (χ1n) is 24.1. The van der Waals surface area contributed by atoms with Crippen molar-refractivity contribution in [2.24, 2.45) is 5.41 Å². The van der Waals surface area contributed by atoms with Crippen LogP contribution in [-0.4, -0.2) is 123 Å². The SMILES string of the molecule is CC1(C)CCC(CN2CCN(c3ccc(C(=O)NS(=O)(=O)c4ccc(OC5CCN(C6CCOCC6)CC5)c([N+](=O)[O-])c4)c(N4CCOc5nc6[nH]ccc6cc54)c3)CC2)=C(c2ccc(Cl)cc2)C1. The Bertz CT molecular complexity index is 2870. The van der Waals surface area contributed by atoms with Crippen LogP contribution < -0.4 is 24.0 Å². The highest BCUT2D eigenvalue weighted by molar-refractivity contribution is 7.90. The number of allylic oxidation sites excluding steroid dienone is 1. The highest BCUT2D eigenvalue weighted by Crippen LogP contribution is 2.44. The van der Waals surface area contributed by atoms with Crippen LogP contribution in [0.3, 0.4) is 0 Å². The van der Waals surface area contributed by atoms with Crippen LogP contribution in [0.2, 0.25) is 5.02 Å². The van der Waals surface area contributed by atoms with E-state index in [2.05, 4.69) is 50.4 Å². The number of sulfonamides is 1. The molecule has 2 aromatic heterocycles. The van der Waals surface area contributed by atoms with E-state index in [9.17, 15) is 23.3 Å². The molecule has 0 saturated carbocycles. The molecule has 4 aliphatic heterocycles. The van der Waals surface area contributed by atoms with E-state index in [1.54, 1.807) is 12.3 Å². The molecule has 0 unspecified atom stereocenters. The number of hydrogen-bond acceptors (Lipinski definition) is 13. The van der Waals surface area contributed by atoms with Crippen molar-refractivity contribution in [2.45, 2.75) is 75.8 Å². The highest BCUT2D eigenvalue weighted by atomic mass is 35.5. The third-order valence-corrected chi connectivity index (χ3v) is 16.1. The van der Waals surface area contributed by atoms with Gasteiger partial charge in [0, 0.05) is 93.4 Å². The first-order valence-corrected chi connectivity index (χ1v) is 25.9. The Kier molecular flexibility index (Phi) is 13.3. The van der Waals surface area contributed by atoms with Gasteiger partial charge in [0.05, 0.1) is 27.6 Å². The summed E-state index contributed by atoms with van der Waals surface area (Å²) in [4.78, 5) is 42.7. The third-order valence-electron chi connectivity index (χ3n) is 14.5. The Hall–Kier alpha value is -5.72. The van der Waals surface area contributed by atoms with E-state index in [0.717, 1.165) is 113 Å². The number of carbonyl (C=O) groups is 1. The number of nitro groups is 1. The molecule has 3 aromatic carbocycles. The number of carbonyl (C=O) groups excluding carboxylic acids is 1. The van der Waals surface area contributed by atoms with Crippen molar-refractivity contribution in [3.05, 3.63) is 111 Å². The summed E-state index contributed by atoms with van der Waals surface area (Å²) in [5.41, 5.74) is 6.61. The number of nitrogens with zero attached hydrogens (tertiary/aromatic N) is 6. The molecule has 5 aliphatic rings. The second-order valence-electron chi connectivity index (χ2n) is 19.6. The number of piperazine rings is 1. The monoisotopic (exact) mass is 978 g/mol. The topological polar surface area (TPSA) is 176 Å². The van der Waals surface area contributed by atoms with Crippen LogP contribution in [0, 0.1) is 15.5 Å². The van der Waals surface area contributed by atoms with Gasteiger partial charge >= 0.3 is 5.69 Å². The number of H-pyrrole nitrogens is 1. The Balaban J connectivity index is 0.883. The van der Waals surface area contributed by atoms with E-state index in [-0.39, 0.29) is 29.4 Å². The van der Waals surface area contributed by atoms with Gasteiger partial charge in [-0.15, -0.1) is 0 Å². The van der Waals surface area contributed by atoms with Gasteiger partial charge in [0.15, 0.2) is 5.75 Å². The maximum atomic E-state index is 14.4. The number of anilines is 3. The Morgan fingerprint density at radius 1 is 0.928 bits per heavy atom. The molecule has 16 nitrogen and oxygen atoms in total. The molecule has 18 heteroatoms. The number of ether oxygens (including phenoxy) is 3. The molecule has 0 radical (unpaired) electrons. The fourth-order valence-electron chi connectivity index (χ4n) is 10.6. The number of piperidine rings is 1. The predicted molar refractivity (Wildman–Crippen MR) is 267 cm³/mol. The summed E-state index contributed by atoms with van der Waals surface area (Å²) < 4.78 is 48.0. The quantitative estimate of drug-likeness (QED) is 0.0899. The molecular weight excluding hydrogens is 920 g/mol. The maximum absolute atomic E-state index is 14.4. The number of benzene rings is 3. The van der Waals surface area contributed by atoms with E-state index >= 15 is 0 Å². The van der Waals surface area contributed by atoms with E-state index in [1.165, 1.54) is 28.8 Å². The van der Waals surface area contributed by atoms with Crippen molar-refractivity contribution >= 4 is 66.9 Å². The lowest BCUT2D eigenvalue weighted by atomic mass is 9.72. The molecule has 5 aromatic rings. The van der Waals surface area contributed by atoms with Gasteiger partial charge in [0.2, 0.25) is 5.88 Å². The molecule has 10 rings (SSSR count). The molecule has 1 amide bonds. The molecule has 6 heterocycles. The normalized spacial score (nSPS) is 19.9. The first-order chi connectivity index (χ1) is 33.3. The van der Waals surface area contributed by atoms with Crippen molar-refractivity contribution in [1.82, 2.24) is 24.5 Å². The van der Waals surface area contributed by atoms with Gasteiger partial charge in [-0.25, -0.2) is 13.1 Å². The summed E-state index contributed by atoms with van der Waals surface area (Å²) in [6.07, 6.45) is 8.07. The Morgan fingerprint density at radius 2 is 1.70 bits per heavy atom. The molecule has 2 N–H and O–H groups in total. The Morgan fingerprint density at radius 3 is 2.45 bits per heavy atom. The summed E-state index contributed by atoms with van der Waals surface area (Å²) in [6.45, 7) is 12.5. The number of aromatic nitrogens is 2. The summed E-state index contributed by atoms with van der Waals surface area (Å²) in [7, 11) is -4.60. The molecule has 3 saturated heterocycles. The number of aromatic amines is 1. The zero-order chi connectivity index (χ0) is 47.9. The van der Waals surface area contributed by atoms with Gasteiger partial charge in [-0.1, -0.05) is 43.2 Å². The predicted octanol–water partition coefficient (Wildman–Crippen LogP) is 8.58. The molecule has 0 atom stereocenters. The van der Waals surface area contributed by atoms with Crippen molar-refractivity contribution in [2.75, 3.05) is 82.0 Å². The third kappa shape index (κ3) is 10.3. The number of nitrogens with one attached hydrogen (secondary N) is 2. The van der Waals surface area contributed by atoms with Gasteiger partial charge in [0.25, 0.3) is 15.9 Å². The van der Waals surface area contributed by atoms with Gasteiger partial charge in [-0.05, 0) is 116 Å². The lowest BCUT2D eigenvalue weighted by Gasteiger charge is -2.39. The summed E-state index contributed by atoms with van der Waals surface area (Å²) in [5, 5.41) is 14.0.